The number of rotatable bonds is 10. The van der Waals surface area contributed by atoms with Crippen LogP contribution in [0.2, 0.25) is 0 Å². The van der Waals surface area contributed by atoms with Crippen LogP contribution in [0.1, 0.15) is 23.5 Å². The highest BCUT2D eigenvalue weighted by molar-refractivity contribution is 7.89. The van der Waals surface area contributed by atoms with E-state index in [0.717, 1.165) is 29.0 Å². The van der Waals surface area contributed by atoms with E-state index >= 15 is 0 Å². The number of amides is 1. The Morgan fingerprint density at radius 3 is 2.36 bits per heavy atom. The van der Waals surface area contributed by atoms with E-state index < -0.39 is 51.2 Å². The van der Waals surface area contributed by atoms with Gasteiger partial charge in [0, 0.05) is 4.88 Å². The summed E-state index contributed by atoms with van der Waals surface area (Å²) in [7, 11) is -4.34. The van der Waals surface area contributed by atoms with Crippen molar-refractivity contribution in [3.63, 3.8) is 0 Å². The zero-order valence-corrected chi connectivity index (χ0v) is 21.0. The van der Waals surface area contributed by atoms with Crippen LogP contribution in [-0.4, -0.2) is 45.5 Å². The normalized spacial score (nSPS) is 12.0. The molecule has 0 aliphatic heterocycles. The number of hydrogen-bond donors (Lipinski definition) is 2. The lowest BCUT2D eigenvalue weighted by Gasteiger charge is -2.14. The van der Waals surface area contributed by atoms with Gasteiger partial charge in [-0.25, -0.2) is 17.6 Å². The Morgan fingerprint density at radius 2 is 1.69 bits per heavy atom. The molecule has 9 nitrogen and oxygen atoms in total. The number of esters is 2. The quantitative estimate of drug-likeness (QED) is 0.381. The minimum absolute atomic E-state index is 0.142. The molecule has 0 saturated heterocycles. The summed E-state index contributed by atoms with van der Waals surface area (Å²) in [6.45, 7) is 2.25. The van der Waals surface area contributed by atoms with E-state index in [2.05, 4.69) is 5.32 Å². The molecule has 0 spiro atoms. The predicted octanol–water partition coefficient (Wildman–Crippen LogP) is 3.58. The van der Waals surface area contributed by atoms with Gasteiger partial charge in [-0.15, -0.1) is 11.3 Å². The van der Waals surface area contributed by atoms with Crippen LogP contribution < -0.4 is 10.0 Å². The molecule has 2 aromatic carbocycles. The Bertz CT molecular complexity index is 1360. The Kier molecular flexibility index (Phi) is 8.91. The number of sulfonamides is 1. The predicted molar refractivity (Wildman–Crippen MR) is 131 cm³/mol. The Hall–Kier alpha value is -3.61. The number of halogens is 1. The number of carbonyl (C=O) groups is 3. The second-order valence-electron chi connectivity index (χ2n) is 7.37. The van der Waals surface area contributed by atoms with Crippen molar-refractivity contribution in [2.24, 2.45) is 0 Å². The first-order chi connectivity index (χ1) is 17.1. The number of anilines is 1. The van der Waals surface area contributed by atoms with Crippen molar-refractivity contribution >= 4 is 44.9 Å². The van der Waals surface area contributed by atoms with Crippen molar-refractivity contribution in [1.82, 2.24) is 4.72 Å². The van der Waals surface area contributed by atoms with E-state index in [4.69, 9.17) is 9.47 Å². The third kappa shape index (κ3) is 6.74. The number of nitrogens with one attached hydrogen (secondary N) is 2. The molecule has 0 aliphatic carbocycles. The molecule has 0 fully saturated rings. The van der Waals surface area contributed by atoms with Gasteiger partial charge in [-0.3, -0.25) is 9.59 Å². The van der Waals surface area contributed by atoms with Crippen molar-refractivity contribution in [3.8, 4) is 10.4 Å². The fourth-order valence-electron chi connectivity index (χ4n) is 3.03. The van der Waals surface area contributed by atoms with Crippen LogP contribution in [-0.2, 0) is 29.1 Å². The zero-order valence-electron chi connectivity index (χ0n) is 19.3. The van der Waals surface area contributed by atoms with Gasteiger partial charge in [-0.05, 0) is 37.6 Å². The molecular formula is C24H23FN2O7S2. The van der Waals surface area contributed by atoms with Crippen LogP contribution in [0.4, 0.5) is 10.1 Å². The second kappa shape index (κ2) is 11.9. The summed E-state index contributed by atoms with van der Waals surface area (Å²) in [6.07, 6.45) is 0. The van der Waals surface area contributed by atoms with Gasteiger partial charge in [-0.1, -0.05) is 42.5 Å². The lowest BCUT2D eigenvalue weighted by atomic mass is 10.2. The van der Waals surface area contributed by atoms with Crippen molar-refractivity contribution in [2.75, 3.05) is 18.5 Å². The maximum absolute atomic E-state index is 13.8. The van der Waals surface area contributed by atoms with E-state index in [1.807, 2.05) is 35.1 Å². The van der Waals surface area contributed by atoms with Gasteiger partial charge < -0.3 is 14.8 Å². The van der Waals surface area contributed by atoms with Crippen LogP contribution in [0.3, 0.4) is 0 Å². The molecule has 36 heavy (non-hydrogen) atoms. The number of ether oxygens (including phenoxy) is 2. The highest BCUT2D eigenvalue weighted by Crippen LogP contribution is 2.35. The van der Waals surface area contributed by atoms with Crippen molar-refractivity contribution in [3.05, 3.63) is 71.4 Å². The Balaban J connectivity index is 1.65. The average Bonchev–Trinajstić information content (AvgIpc) is 3.27. The van der Waals surface area contributed by atoms with Crippen LogP contribution in [0.25, 0.3) is 10.4 Å². The van der Waals surface area contributed by atoms with Crippen molar-refractivity contribution in [2.45, 2.75) is 24.8 Å². The van der Waals surface area contributed by atoms with Gasteiger partial charge in [0.05, 0.1) is 12.3 Å². The van der Waals surface area contributed by atoms with Gasteiger partial charge in [-0.2, -0.15) is 4.72 Å². The molecule has 0 aliphatic rings. The Morgan fingerprint density at radius 1 is 1.03 bits per heavy atom. The molecule has 1 aromatic heterocycles. The molecule has 0 saturated carbocycles. The minimum Gasteiger partial charge on any atom is -0.462 e. The summed E-state index contributed by atoms with van der Waals surface area (Å²) in [4.78, 5) is 37.3. The van der Waals surface area contributed by atoms with Crippen LogP contribution in [0, 0.1) is 5.82 Å². The molecule has 0 unspecified atom stereocenters. The summed E-state index contributed by atoms with van der Waals surface area (Å²) >= 11 is 1.13. The molecule has 3 aromatic rings. The van der Waals surface area contributed by atoms with Crippen LogP contribution >= 0.6 is 11.3 Å². The lowest BCUT2D eigenvalue weighted by molar-refractivity contribution is -0.148. The largest absolute Gasteiger partial charge is 0.462 e. The first-order valence-electron chi connectivity index (χ1n) is 10.7. The summed E-state index contributed by atoms with van der Waals surface area (Å²) in [5.74, 6) is -3.40. The van der Waals surface area contributed by atoms with E-state index in [0.29, 0.717) is 4.88 Å². The molecule has 1 heterocycles. The van der Waals surface area contributed by atoms with Crippen LogP contribution in [0.15, 0.2) is 65.6 Å². The molecule has 12 heteroatoms. The van der Waals surface area contributed by atoms with E-state index in [1.54, 1.807) is 13.0 Å². The minimum atomic E-state index is -4.34. The summed E-state index contributed by atoms with van der Waals surface area (Å²) < 4.78 is 50.5. The van der Waals surface area contributed by atoms with Gasteiger partial charge in [0.1, 0.15) is 21.6 Å². The topological polar surface area (TPSA) is 128 Å². The number of hydrogen-bond acceptors (Lipinski definition) is 8. The first-order valence-corrected chi connectivity index (χ1v) is 13.0. The van der Waals surface area contributed by atoms with E-state index in [-0.39, 0.29) is 17.2 Å². The summed E-state index contributed by atoms with van der Waals surface area (Å²) in [5.41, 5.74) is 1.02. The van der Waals surface area contributed by atoms with Crippen LogP contribution in [0.5, 0.6) is 0 Å². The van der Waals surface area contributed by atoms with Crippen molar-refractivity contribution in [1.29, 1.82) is 0 Å². The fourth-order valence-corrected chi connectivity index (χ4v) is 5.32. The van der Waals surface area contributed by atoms with Gasteiger partial charge in [0.2, 0.25) is 10.0 Å². The zero-order chi connectivity index (χ0) is 26.3. The van der Waals surface area contributed by atoms with E-state index in [9.17, 15) is 27.2 Å². The molecule has 1 atom stereocenters. The molecule has 1 amide bonds. The maximum Gasteiger partial charge on any atom is 0.350 e. The third-order valence-electron chi connectivity index (χ3n) is 4.68. The molecule has 3 rings (SSSR count). The molecule has 2 N–H and O–H groups in total. The monoisotopic (exact) mass is 534 g/mol. The van der Waals surface area contributed by atoms with Gasteiger partial charge in [0.15, 0.2) is 6.61 Å². The number of thiophene rings is 1. The summed E-state index contributed by atoms with van der Waals surface area (Å²) in [5, 5.41) is 2.52. The third-order valence-corrected chi connectivity index (χ3v) is 7.42. The van der Waals surface area contributed by atoms with Gasteiger partial charge >= 0.3 is 11.9 Å². The average molecular weight is 535 g/mol. The molecule has 190 valence electrons. The number of carbonyl (C=O) groups excluding carboxylic acids is 3. The van der Waals surface area contributed by atoms with E-state index in [1.165, 1.54) is 19.1 Å². The molecule has 0 bridgehead atoms. The maximum atomic E-state index is 13.8. The molecular weight excluding hydrogens is 511 g/mol. The number of benzene rings is 2. The highest BCUT2D eigenvalue weighted by atomic mass is 32.2. The lowest BCUT2D eigenvalue weighted by Crippen LogP contribution is -2.40. The highest BCUT2D eigenvalue weighted by Gasteiger charge is 2.26. The molecule has 0 radical (unpaired) electrons. The fraction of sp³-hybridized carbons (Fsp3) is 0.208. The first kappa shape index (κ1) is 27.0. The smallest absolute Gasteiger partial charge is 0.350 e. The SMILES string of the molecule is CCOC(=O)c1sc(-c2ccccc2)cc1NC(=O)COC(=O)[C@H](C)NS(=O)(=O)c1ccccc1F. The van der Waals surface area contributed by atoms with Gasteiger partial charge in [0.25, 0.3) is 5.91 Å². The van der Waals surface area contributed by atoms with Crippen molar-refractivity contribution < 1.29 is 36.7 Å². The second-order valence-corrected chi connectivity index (χ2v) is 10.1. The Labute approximate surface area is 211 Å². The summed E-state index contributed by atoms with van der Waals surface area (Å²) in [6, 6.07) is 14.1. The standard InChI is InChI=1S/C24H23FN2O7S2/c1-3-33-24(30)22-18(13-19(35-22)16-9-5-4-6-10-16)26-21(28)14-34-23(29)15(2)27-36(31,32)20-12-8-7-11-17(20)25/h4-13,15,27H,3,14H2,1-2H3,(H,26,28)/t15-/m0/s1.